The van der Waals surface area contributed by atoms with E-state index >= 15 is 0 Å². The number of hydrogen-bond acceptors (Lipinski definition) is 5. The van der Waals surface area contributed by atoms with E-state index < -0.39 is 0 Å². The van der Waals surface area contributed by atoms with E-state index in [-0.39, 0.29) is 17.7 Å². The first-order chi connectivity index (χ1) is 11.2. The number of furan rings is 1. The molecule has 0 saturated carbocycles. The van der Waals surface area contributed by atoms with Gasteiger partial charge in [-0.15, -0.1) is 0 Å². The van der Waals surface area contributed by atoms with Crippen molar-refractivity contribution < 1.29 is 13.9 Å². The van der Waals surface area contributed by atoms with Crippen molar-refractivity contribution in [2.75, 3.05) is 12.9 Å². The molecule has 1 aromatic carbocycles. The highest BCUT2D eigenvalue weighted by molar-refractivity contribution is 7.99. The van der Waals surface area contributed by atoms with E-state index in [1.54, 1.807) is 19.4 Å². The summed E-state index contributed by atoms with van der Waals surface area (Å²) < 4.78 is 10.5. The second-order valence-electron chi connectivity index (χ2n) is 5.02. The van der Waals surface area contributed by atoms with E-state index in [4.69, 9.17) is 9.15 Å². The molecule has 120 valence electrons. The molecule has 7 heteroatoms. The maximum atomic E-state index is 12.0. The predicted octanol–water partition coefficient (Wildman–Crippen LogP) is 3.13. The van der Waals surface area contributed by atoms with Crippen LogP contribution in [0.3, 0.4) is 0 Å². The predicted molar refractivity (Wildman–Crippen MR) is 88.6 cm³/mol. The Morgan fingerprint density at radius 1 is 1.48 bits per heavy atom. The first-order valence-corrected chi connectivity index (χ1v) is 8.13. The number of nitrogens with zero attached hydrogens (tertiary/aromatic N) is 1. The average Bonchev–Trinajstić information content (AvgIpc) is 3.21. The molecule has 0 aliphatic carbocycles. The minimum Gasteiger partial charge on any atom is -0.497 e. The average molecular weight is 331 g/mol. The zero-order valence-corrected chi connectivity index (χ0v) is 13.6. The third-order valence-electron chi connectivity index (χ3n) is 3.35. The van der Waals surface area contributed by atoms with E-state index in [1.165, 1.54) is 11.8 Å². The van der Waals surface area contributed by atoms with Crippen LogP contribution in [0.5, 0.6) is 5.75 Å². The van der Waals surface area contributed by atoms with Gasteiger partial charge in [0.1, 0.15) is 11.5 Å². The zero-order chi connectivity index (χ0) is 16.2. The number of H-pyrrole nitrogens is 1. The highest BCUT2D eigenvalue weighted by Gasteiger charge is 2.13. The number of nitrogens with one attached hydrogen (secondary N) is 2. The molecule has 3 aromatic rings. The van der Waals surface area contributed by atoms with Gasteiger partial charge in [-0.1, -0.05) is 11.8 Å². The fourth-order valence-corrected chi connectivity index (χ4v) is 2.88. The van der Waals surface area contributed by atoms with E-state index in [1.807, 2.05) is 31.2 Å². The summed E-state index contributed by atoms with van der Waals surface area (Å²) in [5, 5.41) is 3.59. The number of thioether (sulfide) groups is 1. The molecule has 0 aliphatic rings. The molecule has 0 radical (unpaired) electrons. The van der Waals surface area contributed by atoms with E-state index in [9.17, 15) is 4.79 Å². The quantitative estimate of drug-likeness (QED) is 0.678. The Balaban J connectivity index is 1.58. The molecular formula is C16H17N3O3S. The minimum absolute atomic E-state index is 0.0723. The van der Waals surface area contributed by atoms with Crippen LogP contribution >= 0.6 is 11.8 Å². The van der Waals surface area contributed by atoms with E-state index in [0.29, 0.717) is 5.16 Å². The summed E-state index contributed by atoms with van der Waals surface area (Å²) in [5.41, 5.74) is 1.73. The second-order valence-corrected chi connectivity index (χ2v) is 5.98. The topological polar surface area (TPSA) is 80.2 Å². The van der Waals surface area contributed by atoms with Crippen LogP contribution in [0.15, 0.2) is 46.2 Å². The maximum Gasteiger partial charge on any atom is 0.231 e. The Hall–Kier alpha value is -2.41. The summed E-state index contributed by atoms with van der Waals surface area (Å²) in [7, 11) is 1.62. The molecule has 1 amide bonds. The van der Waals surface area contributed by atoms with Gasteiger partial charge in [0.2, 0.25) is 5.91 Å². The first-order valence-electron chi connectivity index (χ1n) is 7.15. The molecule has 0 saturated heterocycles. The molecule has 0 bridgehead atoms. The number of carbonyl (C=O) groups excluding carboxylic acids is 1. The molecule has 1 atom stereocenters. The summed E-state index contributed by atoms with van der Waals surface area (Å²) in [4.78, 5) is 19.6. The lowest BCUT2D eigenvalue weighted by molar-refractivity contribution is -0.119. The normalized spacial score (nSPS) is 12.3. The first kappa shape index (κ1) is 15.5. The van der Waals surface area contributed by atoms with Gasteiger partial charge in [0.15, 0.2) is 5.16 Å². The number of rotatable bonds is 6. The molecule has 0 spiro atoms. The van der Waals surface area contributed by atoms with Gasteiger partial charge in [0, 0.05) is 6.07 Å². The van der Waals surface area contributed by atoms with Crippen LogP contribution in [-0.4, -0.2) is 28.7 Å². The van der Waals surface area contributed by atoms with E-state index in [0.717, 1.165) is 22.5 Å². The van der Waals surface area contributed by atoms with Crippen molar-refractivity contribution >= 4 is 28.7 Å². The number of aromatic nitrogens is 2. The Morgan fingerprint density at radius 3 is 3.09 bits per heavy atom. The molecule has 2 aromatic heterocycles. The van der Waals surface area contributed by atoms with Gasteiger partial charge < -0.3 is 19.5 Å². The molecule has 6 nitrogen and oxygen atoms in total. The maximum absolute atomic E-state index is 12.0. The van der Waals surface area contributed by atoms with Gasteiger partial charge >= 0.3 is 0 Å². The standard InChI is InChI=1S/C16H17N3O3S/c1-10(14-4-3-7-22-14)17-15(20)9-23-16-18-12-6-5-11(21-2)8-13(12)19-16/h3-8,10H,9H2,1-2H3,(H,17,20)(H,18,19)/t10-/m1/s1. The molecule has 0 fully saturated rings. The highest BCUT2D eigenvalue weighted by Crippen LogP contribution is 2.23. The van der Waals surface area contributed by atoms with Crippen LogP contribution in [0.1, 0.15) is 18.7 Å². The number of hydrogen-bond donors (Lipinski definition) is 2. The Morgan fingerprint density at radius 2 is 2.35 bits per heavy atom. The van der Waals surface area contributed by atoms with E-state index in [2.05, 4.69) is 15.3 Å². The smallest absolute Gasteiger partial charge is 0.231 e. The van der Waals surface area contributed by atoms with Crippen molar-refractivity contribution in [1.82, 2.24) is 15.3 Å². The molecule has 0 aliphatic heterocycles. The fraction of sp³-hybridized carbons (Fsp3) is 0.250. The van der Waals surface area contributed by atoms with Crippen molar-refractivity contribution in [3.8, 4) is 5.75 Å². The Bertz CT molecular complexity index is 798. The van der Waals surface area contributed by atoms with Crippen molar-refractivity contribution in [2.24, 2.45) is 0 Å². The molecule has 3 rings (SSSR count). The lowest BCUT2D eigenvalue weighted by Gasteiger charge is -2.10. The summed E-state index contributed by atoms with van der Waals surface area (Å²) in [6, 6.07) is 9.10. The lowest BCUT2D eigenvalue weighted by atomic mass is 10.2. The van der Waals surface area contributed by atoms with Gasteiger partial charge in [0.25, 0.3) is 0 Å². The van der Waals surface area contributed by atoms with Crippen LogP contribution in [0.2, 0.25) is 0 Å². The van der Waals surface area contributed by atoms with Crippen molar-refractivity contribution in [3.63, 3.8) is 0 Å². The number of imidazole rings is 1. The number of methoxy groups -OCH3 is 1. The summed E-state index contributed by atoms with van der Waals surface area (Å²) in [6.45, 7) is 1.88. The van der Waals surface area contributed by atoms with Crippen LogP contribution in [0.4, 0.5) is 0 Å². The largest absolute Gasteiger partial charge is 0.497 e. The van der Waals surface area contributed by atoms with Crippen LogP contribution < -0.4 is 10.1 Å². The summed E-state index contributed by atoms with van der Waals surface area (Å²) in [5.74, 6) is 1.71. The number of benzene rings is 1. The number of amides is 1. The molecular weight excluding hydrogens is 314 g/mol. The third-order valence-corrected chi connectivity index (χ3v) is 4.23. The van der Waals surface area contributed by atoms with Crippen molar-refractivity contribution in [1.29, 1.82) is 0 Å². The van der Waals surface area contributed by atoms with Gasteiger partial charge in [-0.2, -0.15) is 0 Å². The number of carbonyl (C=O) groups is 1. The second kappa shape index (κ2) is 6.78. The van der Waals surface area contributed by atoms with Gasteiger partial charge in [0.05, 0.1) is 36.2 Å². The molecule has 23 heavy (non-hydrogen) atoms. The monoisotopic (exact) mass is 331 g/mol. The van der Waals surface area contributed by atoms with Crippen LogP contribution in [-0.2, 0) is 4.79 Å². The lowest BCUT2D eigenvalue weighted by Crippen LogP contribution is -2.27. The van der Waals surface area contributed by atoms with Crippen LogP contribution in [0, 0.1) is 0 Å². The van der Waals surface area contributed by atoms with Gasteiger partial charge in [-0.25, -0.2) is 4.98 Å². The number of ether oxygens (including phenoxy) is 1. The Kier molecular flexibility index (Phi) is 4.57. The summed E-state index contributed by atoms with van der Waals surface area (Å²) in [6.07, 6.45) is 1.59. The Labute approximate surface area is 137 Å². The van der Waals surface area contributed by atoms with Crippen LogP contribution in [0.25, 0.3) is 11.0 Å². The third kappa shape index (κ3) is 3.68. The molecule has 2 N–H and O–H groups in total. The van der Waals surface area contributed by atoms with Gasteiger partial charge in [-0.05, 0) is 31.2 Å². The minimum atomic E-state index is -0.155. The van der Waals surface area contributed by atoms with Crippen molar-refractivity contribution in [3.05, 3.63) is 42.4 Å². The highest BCUT2D eigenvalue weighted by atomic mass is 32.2. The number of aromatic amines is 1. The van der Waals surface area contributed by atoms with Gasteiger partial charge in [-0.3, -0.25) is 4.79 Å². The molecule has 2 heterocycles. The number of fused-ring (bicyclic) bond motifs is 1. The molecule has 0 unspecified atom stereocenters. The zero-order valence-electron chi connectivity index (χ0n) is 12.8. The van der Waals surface area contributed by atoms with Crippen molar-refractivity contribution in [2.45, 2.75) is 18.1 Å². The SMILES string of the molecule is COc1ccc2nc(SCC(=O)N[C@H](C)c3ccco3)[nH]c2c1. The fourth-order valence-electron chi connectivity index (χ4n) is 2.19. The summed E-state index contributed by atoms with van der Waals surface area (Å²) >= 11 is 1.36.